The van der Waals surface area contributed by atoms with Gasteiger partial charge in [0.2, 0.25) is 5.91 Å². The number of aliphatic hydroxyl groups is 1. The molecular formula is C10H19NO4. The number of hydrogen-bond donors (Lipinski definition) is 1. The Morgan fingerprint density at radius 1 is 1.67 bits per heavy atom. The number of methoxy groups -OCH3 is 1. The molecule has 0 aromatic heterocycles. The second-order valence-corrected chi connectivity index (χ2v) is 3.78. The Morgan fingerprint density at radius 3 is 3.00 bits per heavy atom. The van der Waals surface area contributed by atoms with E-state index < -0.39 is 0 Å². The first-order valence-electron chi connectivity index (χ1n) is 5.20. The summed E-state index contributed by atoms with van der Waals surface area (Å²) in [4.78, 5) is 13.5. The standard InChI is InChI=1S/C10H19NO4/c1-8-7-15-9(6-12)5-11(8)10(13)3-4-14-2/h8-9,12H,3-7H2,1-2H3. The number of morpholine rings is 1. The van der Waals surface area contributed by atoms with Gasteiger partial charge in [-0.05, 0) is 6.92 Å². The predicted molar refractivity (Wildman–Crippen MR) is 54.5 cm³/mol. The Morgan fingerprint density at radius 2 is 2.40 bits per heavy atom. The molecule has 2 unspecified atom stereocenters. The molecule has 1 aliphatic heterocycles. The van der Waals surface area contributed by atoms with Crippen molar-refractivity contribution in [3.8, 4) is 0 Å². The molecule has 1 N–H and O–H groups in total. The van der Waals surface area contributed by atoms with Crippen molar-refractivity contribution in [3.63, 3.8) is 0 Å². The Hall–Kier alpha value is -0.650. The van der Waals surface area contributed by atoms with Crippen LogP contribution >= 0.6 is 0 Å². The summed E-state index contributed by atoms with van der Waals surface area (Å²) in [6, 6.07) is 0.0807. The predicted octanol–water partition coefficient (Wildman–Crippen LogP) is -0.369. The van der Waals surface area contributed by atoms with E-state index in [9.17, 15) is 4.79 Å². The molecule has 0 radical (unpaired) electrons. The zero-order valence-corrected chi connectivity index (χ0v) is 9.31. The third-order valence-corrected chi connectivity index (χ3v) is 2.55. The molecular weight excluding hydrogens is 198 g/mol. The van der Waals surface area contributed by atoms with Crippen molar-refractivity contribution < 1.29 is 19.4 Å². The highest BCUT2D eigenvalue weighted by atomic mass is 16.5. The highest BCUT2D eigenvalue weighted by molar-refractivity contribution is 5.76. The summed E-state index contributed by atoms with van der Waals surface area (Å²) in [5.41, 5.74) is 0. The van der Waals surface area contributed by atoms with Gasteiger partial charge in [-0.1, -0.05) is 0 Å². The van der Waals surface area contributed by atoms with Gasteiger partial charge in [0.1, 0.15) is 0 Å². The van der Waals surface area contributed by atoms with E-state index in [0.717, 1.165) is 0 Å². The Kier molecular flexibility index (Phi) is 5.01. The molecule has 0 aliphatic carbocycles. The number of aliphatic hydroxyl groups excluding tert-OH is 1. The molecule has 1 rings (SSSR count). The normalized spacial score (nSPS) is 26.7. The van der Waals surface area contributed by atoms with Crippen molar-refractivity contribution in [2.24, 2.45) is 0 Å². The fourth-order valence-corrected chi connectivity index (χ4v) is 1.61. The highest BCUT2D eigenvalue weighted by Gasteiger charge is 2.28. The van der Waals surface area contributed by atoms with Crippen LogP contribution in [0.3, 0.4) is 0 Å². The topological polar surface area (TPSA) is 59.0 Å². The number of carbonyl (C=O) groups excluding carboxylic acids is 1. The minimum absolute atomic E-state index is 0.0409. The lowest BCUT2D eigenvalue weighted by molar-refractivity contribution is -0.147. The summed E-state index contributed by atoms with van der Waals surface area (Å²) in [6.07, 6.45) is 0.145. The first kappa shape index (κ1) is 12.4. The van der Waals surface area contributed by atoms with Gasteiger partial charge in [0.25, 0.3) is 0 Å². The first-order valence-corrected chi connectivity index (χ1v) is 5.20. The molecule has 0 bridgehead atoms. The lowest BCUT2D eigenvalue weighted by Crippen LogP contribution is -2.52. The van der Waals surface area contributed by atoms with Crippen LogP contribution in [0.15, 0.2) is 0 Å². The van der Waals surface area contributed by atoms with Crippen LogP contribution in [0, 0.1) is 0 Å². The minimum atomic E-state index is -0.243. The monoisotopic (exact) mass is 217 g/mol. The van der Waals surface area contributed by atoms with E-state index in [-0.39, 0.29) is 24.7 Å². The molecule has 0 aromatic rings. The maximum atomic E-state index is 11.7. The molecule has 15 heavy (non-hydrogen) atoms. The minimum Gasteiger partial charge on any atom is -0.394 e. The van der Waals surface area contributed by atoms with Crippen LogP contribution in [0.1, 0.15) is 13.3 Å². The van der Waals surface area contributed by atoms with Crippen molar-refractivity contribution in [2.75, 3.05) is 33.5 Å². The van der Waals surface area contributed by atoms with Gasteiger partial charge in [0.15, 0.2) is 0 Å². The number of amides is 1. The summed E-state index contributed by atoms with van der Waals surface area (Å²) < 4.78 is 10.2. The average Bonchev–Trinajstić information content (AvgIpc) is 2.26. The number of hydrogen-bond acceptors (Lipinski definition) is 4. The van der Waals surface area contributed by atoms with Gasteiger partial charge in [-0.3, -0.25) is 4.79 Å². The second kappa shape index (κ2) is 6.05. The summed E-state index contributed by atoms with van der Waals surface area (Å²) in [5, 5.41) is 8.97. The second-order valence-electron chi connectivity index (χ2n) is 3.78. The van der Waals surface area contributed by atoms with Crippen LogP contribution < -0.4 is 0 Å². The van der Waals surface area contributed by atoms with Crippen molar-refractivity contribution >= 4 is 5.91 Å². The SMILES string of the molecule is COCCC(=O)N1CC(CO)OCC1C. The first-order chi connectivity index (χ1) is 7.19. The van der Waals surface area contributed by atoms with Crippen LogP contribution in [0.2, 0.25) is 0 Å². The Labute approximate surface area is 90.0 Å². The smallest absolute Gasteiger partial charge is 0.225 e. The van der Waals surface area contributed by atoms with Gasteiger partial charge in [-0.25, -0.2) is 0 Å². The number of rotatable bonds is 4. The van der Waals surface area contributed by atoms with E-state index in [1.807, 2.05) is 6.92 Å². The average molecular weight is 217 g/mol. The third-order valence-electron chi connectivity index (χ3n) is 2.55. The van der Waals surface area contributed by atoms with Crippen molar-refractivity contribution in [1.82, 2.24) is 4.90 Å². The highest BCUT2D eigenvalue weighted by Crippen LogP contribution is 2.12. The molecule has 1 saturated heterocycles. The lowest BCUT2D eigenvalue weighted by Gasteiger charge is -2.37. The molecule has 1 amide bonds. The van der Waals surface area contributed by atoms with E-state index in [1.54, 1.807) is 12.0 Å². The van der Waals surface area contributed by atoms with Gasteiger partial charge >= 0.3 is 0 Å². The van der Waals surface area contributed by atoms with E-state index in [2.05, 4.69) is 0 Å². The van der Waals surface area contributed by atoms with Crippen LogP contribution in [0.5, 0.6) is 0 Å². The van der Waals surface area contributed by atoms with Crippen molar-refractivity contribution in [1.29, 1.82) is 0 Å². The number of ether oxygens (including phenoxy) is 2. The molecule has 1 aliphatic rings. The fourth-order valence-electron chi connectivity index (χ4n) is 1.61. The number of carbonyl (C=O) groups is 1. The van der Waals surface area contributed by atoms with Crippen LogP contribution in [0.4, 0.5) is 0 Å². The molecule has 2 atom stereocenters. The maximum absolute atomic E-state index is 11.7. The summed E-state index contributed by atoms with van der Waals surface area (Å²) >= 11 is 0. The van der Waals surface area contributed by atoms with Crippen LogP contribution in [-0.4, -0.2) is 61.5 Å². The van der Waals surface area contributed by atoms with Gasteiger partial charge in [0.05, 0.1) is 38.4 Å². The maximum Gasteiger partial charge on any atom is 0.225 e. The van der Waals surface area contributed by atoms with Crippen LogP contribution in [-0.2, 0) is 14.3 Å². The largest absolute Gasteiger partial charge is 0.394 e. The molecule has 0 spiro atoms. The van der Waals surface area contributed by atoms with Gasteiger partial charge in [-0.15, -0.1) is 0 Å². The van der Waals surface area contributed by atoms with E-state index in [0.29, 0.717) is 26.2 Å². The molecule has 5 nitrogen and oxygen atoms in total. The zero-order valence-electron chi connectivity index (χ0n) is 9.31. The molecule has 0 aromatic carbocycles. The number of nitrogens with zero attached hydrogens (tertiary/aromatic N) is 1. The molecule has 0 saturated carbocycles. The van der Waals surface area contributed by atoms with E-state index in [1.165, 1.54) is 0 Å². The van der Waals surface area contributed by atoms with Gasteiger partial charge in [-0.2, -0.15) is 0 Å². The van der Waals surface area contributed by atoms with E-state index in [4.69, 9.17) is 14.6 Å². The van der Waals surface area contributed by atoms with Crippen molar-refractivity contribution in [2.45, 2.75) is 25.5 Å². The molecule has 88 valence electrons. The summed E-state index contributed by atoms with van der Waals surface area (Å²) in [5.74, 6) is 0.0612. The van der Waals surface area contributed by atoms with E-state index >= 15 is 0 Å². The zero-order chi connectivity index (χ0) is 11.3. The van der Waals surface area contributed by atoms with Gasteiger partial charge < -0.3 is 19.5 Å². The van der Waals surface area contributed by atoms with Crippen LogP contribution in [0.25, 0.3) is 0 Å². The third kappa shape index (κ3) is 3.44. The van der Waals surface area contributed by atoms with Gasteiger partial charge in [0, 0.05) is 13.7 Å². The summed E-state index contributed by atoms with van der Waals surface area (Å²) in [6.45, 7) is 3.30. The fraction of sp³-hybridized carbons (Fsp3) is 0.900. The lowest BCUT2D eigenvalue weighted by atomic mass is 10.2. The molecule has 5 heteroatoms. The Balaban J connectivity index is 2.46. The van der Waals surface area contributed by atoms with Crippen molar-refractivity contribution in [3.05, 3.63) is 0 Å². The summed E-state index contributed by atoms with van der Waals surface area (Å²) in [7, 11) is 1.58. The Bertz CT molecular complexity index is 210. The molecule has 1 heterocycles. The molecule has 1 fully saturated rings. The quantitative estimate of drug-likeness (QED) is 0.698.